The quantitative estimate of drug-likeness (QED) is 0.751. The molecule has 0 spiro atoms. The highest BCUT2D eigenvalue weighted by Gasteiger charge is 2.17. The van der Waals surface area contributed by atoms with E-state index in [1.165, 1.54) is 6.33 Å². The highest BCUT2D eigenvalue weighted by molar-refractivity contribution is 6.18. The summed E-state index contributed by atoms with van der Waals surface area (Å²) in [5.41, 5.74) is 10.2. The molecular formula is C14H14ClN5. The van der Waals surface area contributed by atoms with Gasteiger partial charge in [0.15, 0.2) is 0 Å². The number of benzene rings is 1. The number of rotatable bonds is 3. The van der Waals surface area contributed by atoms with Crippen molar-refractivity contribution in [2.24, 2.45) is 0 Å². The van der Waals surface area contributed by atoms with Crippen molar-refractivity contribution in [1.82, 2.24) is 19.6 Å². The largest absolute Gasteiger partial charge is 0.383 e. The average molecular weight is 288 g/mol. The van der Waals surface area contributed by atoms with Crippen LogP contribution in [0.3, 0.4) is 0 Å². The predicted molar refractivity (Wildman–Crippen MR) is 79.8 cm³/mol. The summed E-state index contributed by atoms with van der Waals surface area (Å²) < 4.78 is 1.56. The van der Waals surface area contributed by atoms with Crippen LogP contribution in [0, 0.1) is 6.92 Å². The van der Waals surface area contributed by atoms with Crippen molar-refractivity contribution in [3.05, 3.63) is 41.9 Å². The zero-order valence-corrected chi connectivity index (χ0v) is 11.8. The van der Waals surface area contributed by atoms with E-state index in [0.717, 1.165) is 22.4 Å². The first-order chi connectivity index (χ1) is 9.72. The van der Waals surface area contributed by atoms with Crippen LogP contribution < -0.4 is 5.73 Å². The van der Waals surface area contributed by atoms with Gasteiger partial charge < -0.3 is 5.73 Å². The summed E-state index contributed by atoms with van der Waals surface area (Å²) in [5.74, 6) is 1.53. The van der Waals surface area contributed by atoms with E-state index in [2.05, 4.69) is 15.1 Å². The Morgan fingerprint density at radius 2 is 2.10 bits per heavy atom. The molecule has 2 N–H and O–H groups in total. The van der Waals surface area contributed by atoms with E-state index in [1.54, 1.807) is 4.52 Å². The van der Waals surface area contributed by atoms with Gasteiger partial charge in [0.25, 0.3) is 5.78 Å². The molecule has 0 unspecified atom stereocenters. The van der Waals surface area contributed by atoms with Crippen molar-refractivity contribution < 1.29 is 0 Å². The number of aromatic nitrogens is 4. The molecule has 0 aliphatic heterocycles. The molecule has 5 nitrogen and oxygen atoms in total. The van der Waals surface area contributed by atoms with Crippen molar-refractivity contribution in [2.75, 3.05) is 11.6 Å². The lowest BCUT2D eigenvalue weighted by atomic mass is 9.98. The highest BCUT2D eigenvalue weighted by Crippen LogP contribution is 2.31. The van der Waals surface area contributed by atoms with E-state index in [4.69, 9.17) is 17.3 Å². The van der Waals surface area contributed by atoms with E-state index >= 15 is 0 Å². The Kier molecular flexibility index (Phi) is 3.28. The summed E-state index contributed by atoms with van der Waals surface area (Å²) in [5, 5.41) is 4.12. The van der Waals surface area contributed by atoms with Gasteiger partial charge in [0.1, 0.15) is 12.1 Å². The minimum Gasteiger partial charge on any atom is -0.383 e. The van der Waals surface area contributed by atoms with Crippen LogP contribution in [0.25, 0.3) is 16.9 Å². The minimum absolute atomic E-state index is 0.482. The van der Waals surface area contributed by atoms with Gasteiger partial charge in [0, 0.05) is 17.9 Å². The van der Waals surface area contributed by atoms with Crippen molar-refractivity contribution in [2.45, 2.75) is 13.3 Å². The zero-order chi connectivity index (χ0) is 14.1. The highest BCUT2D eigenvalue weighted by atomic mass is 35.5. The maximum atomic E-state index is 6.27. The van der Waals surface area contributed by atoms with Crippen molar-refractivity contribution in [3.63, 3.8) is 0 Å². The first-order valence-electron chi connectivity index (χ1n) is 6.32. The normalized spacial score (nSPS) is 11.1. The van der Waals surface area contributed by atoms with E-state index in [1.807, 2.05) is 31.2 Å². The summed E-state index contributed by atoms with van der Waals surface area (Å²) >= 11 is 5.89. The molecule has 1 aromatic carbocycles. The van der Waals surface area contributed by atoms with E-state index in [0.29, 0.717) is 23.9 Å². The number of hydrogen-bond acceptors (Lipinski definition) is 4. The summed E-state index contributed by atoms with van der Waals surface area (Å²) in [6, 6.07) is 8.06. The predicted octanol–water partition coefficient (Wildman–Crippen LogP) is 2.46. The van der Waals surface area contributed by atoms with E-state index < -0.39 is 0 Å². The SMILES string of the molecule is Cc1ccccc1-c1c(CCCl)nc2ncnn2c1N. The van der Waals surface area contributed by atoms with Crippen LogP contribution in [0.1, 0.15) is 11.3 Å². The number of nitrogens with two attached hydrogens (primary N) is 1. The topological polar surface area (TPSA) is 69.1 Å². The number of halogens is 1. The number of hydrogen-bond donors (Lipinski definition) is 1. The molecule has 0 amide bonds. The van der Waals surface area contributed by atoms with Gasteiger partial charge in [-0.25, -0.2) is 4.98 Å². The van der Waals surface area contributed by atoms with Crippen molar-refractivity contribution >= 4 is 23.2 Å². The van der Waals surface area contributed by atoms with Gasteiger partial charge in [-0.2, -0.15) is 14.6 Å². The molecule has 0 fully saturated rings. The van der Waals surface area contributed by atoms with Gasteiger partial charge in [-0.3, -0.25) is 0 Å². The average Bonchev–Trinajstić information content (AvgIpc) is 2.90. The van der Waals surface area contributed by atoms with Crippen LogP contribution in [0.15, 0.2) is 30.6 Å². The molecule has 0 aliphatic rings. The van der Waals surface area contributed by atoms with E-state index in [-0.39, 0.29) is 0 Å². The smallest absolute Gasteiger partial charge is 0.254 e. The summed E-state index contributed by atoms with van der Waals surface area (Å²) in [7, 11) is 0. The molecule has 0 bridgehead atoms. The summed E-state index contributed by atoms with van der Waals surface area (Å²) in [4.78, 5) is 8.63. The number of nitrogens with zero attached hydrogens (tertiary/aromatic N) is 4. The third kappa shape index (κ3) is 2.00. The Morgan fingerprint density at radius 3 is 2.85 bits per heavy atom. The van der Waals surface area contributed by atoms with Gasteiger partial charge in [-0.1, -0.05) is 24.3 Å². The number of anilines is 1. The molecule has 20 heavy (non-hydrogen) atoms. The van der Waals surface area contributed by atoms with Gasteiger partial charge >= 0.3 is 0 Å². The maximum Gasteiger partial charge on any atom is 0.254 e. The number of nitrogen functional groups attached to an aromatic ring is 1. The third-order valence-corrected chi connectivity index (χ3v) is 3.47. The second-order valence-corrected chi connectivity index (χ2v) is 4.92. The van der Waals surface area contributed by atoms with Crippen LogP contribution in [-0.2, 0) is 6.42 Å². The van der Waals surface area contributed by atoms with Crippen LogP contribution in [0.4, 0.5) is 5.82 Å². The summed E-state index contributed by atoms with van der Waals surface area (Å²) in [6.45, 7) is 2.05. The fraction of sp³-hybridized carbons (Fsp3) is 0.214. The zero-order valence-electron chi connectivity index (χ0n) is 11.0. The monoisotopic (exact) mass is 287 g/mol. The van der Waals surface area contributed by atoms with Gasteiger partial charge in [-0.05, 0) is 18.1 Å². The fourth-order valence-corrected chi connectivity index (χ4v) is 2.51. The Labute approximate surface area is 121 Å². The molecule has 102 valence electrons. The summed E-state index contributed by atoms with van der Waals surface area (Å²) in [6.07, 6.45) is 2.09. The lowest BCUT2D eigenvalue weighted by Gasteiger charge is -2.14. The molecule has 0 atom stereocenters. The van der Waals surface area contributed by atoms with Crippen LogP contribution in [0.2, 0.25) is 0 Å². The molecule has 0 saturated carbocycles. The number of fused-ring (bicyclic) bond motifs is 1. The standard InChI is InChI=1S/C14H14ClN5/c1-9-4-2-3-5-10(9)12-11(6-7-15)19-14-17-8-18-20(14)13(12)16/h2-5,8H,6-7,16H2,1H3. The first kappa shape index (κ1) is 12.9. The lowest BCUT2D eigenvalue weighted by molar-refractivity contribution is 0.926. The van der Waals surface area contributed by atoms with Gasteiger partial charge in [0.2, 0.25) is 0 Å². The number of aryl methyl sites for hydroxylation is 2. The Balaban J connectivity index is 2.34. The Hall–Kier alpha value is -2.14. The molecule has 0 saturated heterocycles. The molecule has 3 rings (SSSR count). The van der Waals surface area contributed by atoms with E-state index in [9.17, 15) is 0 Å². The second kappa shape index (κ2) is 5.09. The second-order valence-electron chi connectivity index (χ2n) is 4.54. The number of alkyl halides is 1. The first-order valence-corrected chi connectivity index (χ1v) is 6.86. The molecule has 2 heterocycles. The molecule has 6 heteroatoms. The Morgan fingerprint density at radius 1 is 1.30 bits per heavy atom. The van der Waals surface area contributed by atoms with Crippen LogP contribution >= 0.6 is 11.6 Å². The molecular weight excluding hydrogens is 274 g/mol. The molecule has 0 radical (unpaired) electrons. The van der Waals surface area contributed by atoms with Crippen molar-refractivity contribution in [3.8, 4) is 11.1 Å². The van der Waals surface area contributed by atoms with Crippen molar-refractivity contribution in [1.29, 1.82) is 0 Å². The lowest BCUT2D eigenvalue weighted by Crippen LogP contribution is -2.08. The molecule has 0 aliphatic carbocycles. The molecule has 3 aromatic rings. The van der Waals surface area contributed by atoms with Gasteiger partial charge in [0.05, 0.1) is 5.69 Å². The maximum absolute atomic E-state index is 6.27. The van der Waals surface area contributed by atoms with Crippen LogP contribution in [0.5, 0.6) is 0 Å². The minimum atomic E-state index is 0.482. The van der Waals surface area contributed by atoms with Gasteiger partial charge in [-0.15, -0.1) is 11.6 Å². The van der Waals surface area contributed by atoms with Crippen LogP contribution in [-0.4, -0.2) is 25.5 Å². The fourth-order valence-electron chi connectivity index (χ4n) is 2.33. The Bertz CT molecular complexity index is 765. The third-order valence-electron chi connectivity index (χ3n) is 3.28. The molecule has 2 aromatic heterocycles.